The van der Waals surface area contributed by atoms with Crippen LogP contribution in [-0.2, 0) is 6.42 Å². The Morgan fingerprint density at radius 3 is 2.81 bits per heavy atom. The summed E-state index contributed by atoms with van der Waals surface area (Å²) < 4.78 is 0. The summed E-state index contributed by atoms with van der Waals surface area (Å²) in [6.45, 7) is 3.93. The monoisotopic (exact) mass is 286 g/mol. The van der Waals surface area contributed by atoms with Gasteiger partial charge in [0.2, 0.25) is 0 Å². The van der Waals surface area contributed by atoms with Crippen molar-refractivity contribution in [3.63, 3.8) is 0 Å². The second-order valence-corrected chi connectivity index (χ2v) is 5.06. The number of alkyl halides is 1. The van der Waals surface area contributed by atoms with Gasteiger partial charge in [-0.15, -0.1) is 0 Å². The van der Waals surface area contributed by atoms with Crippen molar-refractivity contribution < 1.29 is 4.92 Å². The van der Waals surface area contributed by atoms with E-state index in [2.05, 4.69) is 27.8 Å². The van der Waals surface area contributed by atoms with E-state index in [4.69, 9.17) is 0 Å². The molecule has 0 amide bonds. The first-order chi connectivity index (χ1) is 7.54. The zero-order valence-electron chi connectivity index (χ0n) is 9.44. The van der Waals surface area contributed by atoms with Crippen LogP contribution in [0.2, 0.25) is 0 Å². The van der Waals surface area contributed by atoms with E-state index in [-0.39, 0.29) is 15.4 Å². The molecular weight excluding hydrogens is 272 g/mol. The molecule has 1 rings (SSSR count). The highest BCUT2D eigenvalue weighted by Crippen LogP contribution is 2.22. The Hall–Kier alpha value is -0.970. The van der Waals surface area contributed by atoms with Gasteiger partial charge in [0.1, 0.15) is 5.69 Å². The molecule has 0 saturated carbocycles. The first-order valence-corrected chi connectivity index (χ1v) is 6.21. The van der Waals surface area contributed by atoms with Crippen molar-refractivity contribution in [2.75, 3.05) is 0 Å². The zero-order chi connectivity index (χ0) is 12.1. The predicted molar refractivity (Wildman–Crippen MR) is 67.0 cm³/mol. The molecule has 0 aromatic carbocycles. The van der Waals surface area contributed by atoms with E-state index in [1.54, 1.807) is 6.07 Å². The number of hydrogen-bond donors (Lipinski definition) is 0. The summed E-state index contributed by atoms with van der Waals surface area (Å²) in [5, 5.41) is 10.8. The van der Waals surface area contributed by atoms with E-state index in [9.17, 15) is 10.1 Å². The van der Waals surface area contributed by atoms with Crippen molar-refractivity contribution in [1.29, 1.82) is 0 Å². The van der Waals surface area contributed by atoms with Crippen LogP contribution < -0.4 is 0 Å². The van der Waals surface area contributed by atoms with E-state index in [1.807, 2.05) is 6.92 Å². The molecule has 0 bridgehead atoms. The summed E-state index contributed by atoms with van der Waals surface area (Å²) >= 11 is 3.52. The molecule has 0 fully saturated rings. The molecule has 1 unspecified atom stereocenters. The van der Waals surface area contributed by atoms with Crippen molar-refractivity contribution in [2.24, 2.45) is 0 Å². The average molecular weight is 287 g/mol. The minimum atomic E-state index is -0.368. The highest BCUT2D eigenvalue weighted by Gasteiger charge is 2.17. The van der Waals surface area contributed by atoms with Crippen molar-refractivity contribution in [2.45, 2.75) is 37.9 Å². The lowest BCUT2D eigenvalue weighted by Crippen LogP contribution is -2.07. The maximum absolute atomic E-state index is 10.8. The molecule has 1 heterocycles. The van der Waals surface area contributed by atoms with Gasteiger partial charge < -0.3 is 0 Å². The van der Waals surface area contributed by atoms with E-state index in [1.165, 1.54) is 6.07 Å². The fourth-order valence-electron chi connectivity index (χ4n) is 1.54. The number of aromatic nitrogens is 1. The summed E-state index contributed by atoms with van der Waals surface area (Å²) in [7, 11) is 0. The standard InChI is InChI=1S/C11H15BrN2O2/c1-3-4-9(12)7-10-11(14(15)16)6-5-8(2)13-10/h5-6,9H,3-4,7H2,1-2H3. The molecule has 0 aliphatic rings. The Morgan fingerprint density at radius 2 is 2.25 bits per heavy atom. The predicted octanol–water partition coefficient (Wildman–Crippen LogP) is 3.40. The van der Waals surface area contributed by atoms with Crippen molar-refractivity contribution >= 4 is 21.6 Å². The summed E-state index contributed by atoms with van der Waals surface area (Å²) in [4.78, 5) is 15.0. The van der Waals surface area contributed by atoms with Gasteiger partial charge in [-0.2, -0.15) is 0 Å². The van der Waals surface area contributed by atoms with E-state index < -0.39 is 0 Å². The number of pyridine rings is 1. The van der Waals surface area contributed by atoms with Crippen LogP contribution in [0.4, 0.5) is 5.69 Å². The van der Waals surface area contributed by atoms with Crippen LogP contribution in [0.15, 0.2) is 12.1 Å². The summed E-state index contributed by atoms with van der Waals surface area (Å²) in [6.07, 6.45) is 2.65. The van der Waals surface area contributed by atoms with Crippen LogP contribution in [-0.4, -0.2) is 14.7 Å². The third kappa shape index (κ3) is 3.56. The van der Waals surface area contributed by atoms with Crippen LogP contribution >= 0.6 is 15.9 Å². The van der Waals surface area contributed by atoms with E-state index in [0.29, 0.717) is 12.1 Å². The molecule has 1 atom stereocenters. The Balaban J connectivity index is 2.92. The maximum atomic E-state index is 10.8. The molecule has 0 aliphatic heterocycles. The Bertz CT molecular complexity index is 382. The molecule has 0 radical (unpaired) electrons. The molecular formula is C11H15BrN2O2. The third-order valence-corrected chi connectivity index (χ3v) is 3.08. The topological polar surface area (TPSA) is 56.0 Å². The molecule has 16 heavy (non-hydrogen) atoms. The normalized spacial score (nSPS) is 12.4. The number of rotatable bonds is 5. The number of nitro groups is 1. The van der Waals surface area contributed by atoms with Crippen molar-refractivity contribution in [3.8, 4) is 0 Å². The second-order valence-electron chi connectivity index (χ2n) is 3.77. The summed E-state index contributed by atoms with van der Waals surface area (Å²) in [5.74, 6) is 0. The lowest BCUT2D eigenvalue weighted by molar-refractivity contribution is -0.385. The lowest BCUT2D eigenvalue weighted by Gasteiger charge is -2.08. The molecule has 88 valence electrons. The van der Waals surface area contributed by atoms with E-state index in [0.717, 1.165) is 18.5 Å². The van der Waals surface area contributed by atoms with Crippen molar-refractivity contribution in [1.82, 2.24) is 4.98 Å². The van der Waals surface area contributed by atoms with Gasteiger partial charge in [0.05, 0.1) is 4.92 Å². The first kappa shape index (κ1) is 13.1. The molecule has 1 aromatic heterocycles. The Morgan fingerprint density at radius 1 is 1.56 bits per heavy atom. The molecule has 1 aromatic rings. The summed E-state index contributed by atoms with van der Waals surface area (Å²) in [5.41, 5.74) is 1.50. The molecule has 4 nitrogen and oxygen atoms in total. The van der Waals surface area contributed by atoms with E-state index >= 15 is 0 Å². The molecule has 0 N–H and O–H groups in total. The molecule has 0 spiro atoms. The minimum absolute atomic E-state index is 0.117. The maximum Gasteiger partial charge on any atom is 0.290 e. The number of hydrogen-bond acceptors (Lipinski definition) is 3. The lowest BCUT2D eigenvalue weighted by atomic mass is 10.1. The second kappa shape index (κ2) is 5.94. The largest absolute Gasteiger partial charge is 0.290 e. The minimum Gasteiger partial charge on any atom is -0.258 e. The number of nitrogens with zero attached hydrogens (tertiary/aromatic N) is 2. The van der Waals surface area contributed by atoms with Gasteiger partial charge in [-0.05, 0) is 19.4 Å². The van der Waals surface area contributed by atoms with Crippen LogP contribution in [0, 0.1) is 17.0 Å². The fraction of sp³-hybridized carbons (Fsp3) is 0.545. The Labute approximate surface area is 103 Å². The van der Waals surface area contributed by atoms with Gasteiger partial charge >= 0.3 is 0 Å². The molecule has 5 heteroatoms. The number of halogens is 1. The quantitative estimate of drug-likeness (QED) is 0.474. The SMILES string of the molecule is CCCC(Br)Cc1nc(C)ccc1[N+](=O)[O-]. The van der Waals surface area contributed by atoms with Gasteiger partial charge in [0.15, 0.2) is 0 Å². The molecule has 0 aliphatic carbocycles. The smallest absolute Gasteiger partial charge is 0.258 e. The van der Waals surface area contributed by atoms with Crippen LogP contribution in [0.25, 0.3) is 0 Å². The summed E-state index contributed by atoms with van der Waals surface area (Å²) in [6, 6.07) is 3.20. The third-order valence-electron chi connectivity index (χ3n) is 2.30. The van der Waals surface area contributed by atoms with Crippen LogP contribution in [0.1, 0.15) is 31.2 Å². The van der Waals surface area contributed by atoms with Gasteiger partial charge in [-0.25, -0.2) is 0 Å². The van der Waals surface area contributed by atoms with Gasteiger partial charge in [0.25, 0.3) is 5.69 Å². The highest BCUT2D eigenvalue weighted by molar-refractivity contribution is 9.09. The van der Waals surface area contributed by atoms with Crippen molar-refractivity contribution in [3.05, 3.63) is 33.6 Å². The zero-order valence-corrected chi connectivity index (χ0v) is 11.0. The van der Waals surface area contributed by atoms with Crippen LogP contribution in [0.3, 0.4) is 0 Å². The Kier molecular flexibility index (Phi) is 4.86. The molecule has 0 saturated heterocycles. The average Bonchev–Trinajstić information content (AvgIpc) is 2.17. The first-order valence-electron chi connectivity index (χ1n) is 5.29. The number of aryl methyl sites for hydroxylation is 1. The highest BCUT2D eigenvalue weighted by atomic mass is 79.9. The fourth-order valence-corrected chi connectivity index (χ4v) is 2.31. The van der Waals surface area contributed by atoms with Gasteiger partial charge in [-0.1, -0.05) is 29.3 Å². The van der Waals surface area contributed by atoms with Gasteiger partial charge in [-0.3, -0.25) is 15.1 Å². The van der Waals surface area contributed by atoms with Gasteiger partial charge in [0, 0.05) is 23.0 Å². The van der Waals surface area contributed by atoms with Crippen LogP contribution in [0.5, 0.6) is 0 Å².